The third-order valence-corrected chi connectivity index (χ3v) is 10.0. The summed E-state index contributed by atoms with van der Waals surface area (Å²) in [4.78, 5) is 28.9. The van der Waals surface area contributed by atoms with E-state index < -0.39 is 17.7 Å². The molecule has 3 heterocycles. The van der Waals surface area contributed by atoms with Gasteiger partial charge in [0.05, 0.1) is 24.8 Å². The summed E-state index contributed by atoms with van der Waals surface area (Å²) in [6.07, 6.45) is 1.49. The average molecular weight is 678 g/mol. The quantitative estimate of drug-likeness (QED) is 0.0563. The summed E-state index contributed by atoms with van der Waals surface area (Å²) in [6, 6.07) is 17.1. The molecule has 1 saturated heterocycles. The van der Waals surface area contributed by atoms with Crippen LogP contribution in [0.25, 0.3) is 5.76 Å². The maximum atomic E-state index is 13.8. The number of aliphatic hydroxyl groups excluding tert-OH is 1. The van der Waals surface area contributed by atoms with E-state index in [-0.39, 0.29) is 22.6 Å². The number of hydrogen-bond acceptors (Lipinski definition) is 10. The van der Waals surface area contributed by atoms with Crippen molar-refractivity contribution in [1.82, 2.24) is 10.2 Å². The zero-order chi connectivity index (χ0) is 32.4. The van der Waals surface area contributed by atoms with Crippen LogP contribution in [0.4, 0.5) is 5.13 Å². The van der Waals surface area contributed by atoms with Crippen molar-refractivity contribution in [2.24, 2.45) is 0 Å². The lowest BCUT2D eigenvalue weighted by Crippen LogP contribution is -2.29. The number of halogens is 1. The fourth-order valence-electron chi connectivity index (χ4n) is 5.48. The van der Waals surface area contributed by atoms with Crippen molar-refractivity contribution in [3.8, 4) is 17.2 Å². The molecule has 1 aromatic heterocycles. The van der Waals surface area contributed by atoms with E-state index in [0.717, 1.165) is 23.3 Å². The van der Waals surface area contributed by atoms with Crippen LogP contribution in [0.5, 0.6) is 17.2 Å². The van der Waals surface area contributed by atoms with Crippen LogP contribution < -0.4 is 19.1 Å². The minimum Gasteiger partial charge on any atom is -0.507 e. The van der Waals surface area contributed by atoms with Gasteiger partial charge in [-0.25, -0.2) is 0 Å². The van der Waals surface area contributed by atoms with Gasteiger partial charge in [-0.3, -0.25) is 14.5 Å². The van der Waals surface area contributed by atoms with Gasteiger partial charge in [-0.1, -0.05) is 65.9 Å². The molecule has 4 aromatic rings. The molecule has 1 fully saturated rings. The van der Waals surface area contributed by atoms with Gasteiger partial charge in [-0.05, 0) is 73.4 Å². The third-order valence-electron chi connectivity index (χ3n) is 7.57. The molecule has 3 aromatic carbocycles. The normalized spacial score (nSPS) is 18.5. The second kappa shape index (κ2) is 13.7. The Morgan fingerprint density at radius 3 is 2.70 bits per heavy atom. The van der Waals surface area contributed by atoms with Crippen molar-refractivity contribution in [2.75, 3.05) is 18.1 Å². The van der Waals surface area contributed by atoms with Crippen molar-refractivity contribution in [3.63, 3.8) is 0 Å². The maximum absolute atomic E-state index is 13.8. The van der Waals surface area contributed by atoms with E-state index in [1.165, 1.54) is 28.0 Å². The number of fused-ring (bicyclic) bond motifs is 1. The summed E-state index contributed by atoms with van der Waals surface area (Å²) >= 11 is 8.96. The first kappa shape index (κ1) is 31.9. The number of benzene rings is 3. The summed E-state index contributed by atoms with van der Waals surface area (Å²) in [5.41, 5.74) is 2.77. The molecule has 0 radical (unpaired) electrons. The highest BCUT2D eigenvalue weighted by molar-refractivity contribution is 8.00. The monoisotopic (exact) mass is 677 g/mol. The van der Waals surface area contributed by atoms with Gasteiger partial charge in [0.1, 0.15) is 17.6 Å². The smallest absolute Gasteiger partial charge is 0.301 e. The molecule has 6 rings (SSSR count). The third kappa shape index (κ3) is 6.31. The number of ether oxygens (including phenoxy) is 3. The number of aliphatic hydroxyl groups is 1. The van der Waals surface area contributed by atoms with E-state index in [4.69, 9.17) is 25.8 Å². The minimum absolute atomic E-state index is 0.00536. The van der Waals surface area contributed by atoms with E-state index in [2.05, 4.69) is 10.2 Å². The molecular weight excluding hydrogens is 646 g/mol. The number of amides is 1. The van der Waals surface area contributed by atoms with Crippen LogP contribution in [0.15, 0.2) is 70.6 Å². The molecule has 1 amide bonds. The molecule has 0 aliphatic carbocycles. The Morgan fingerprint density at radius 1 is 1.09 bits per heavy atom. The van der Waals surface area contributed by atoms with Crippen LogP contribution >= 0.6 is 34.7 Å². The molecule has 2 atom stereocenters. The number of thioether (sulfide) groups is 1. The van der Waals surface area contributed by atoms with E-state index in [1.807, 2.05) is 45.0 Å². The van der Waals surface area contributed by atoms with Crippen LogP contribution in [-0.2, 0) is 21.8 Å². The van der Waals surface area contributed by atoms with Gasteiger partial charge >= 0.3 is 5.91 Å². The Hall–Kier alpha value is -4.06. The zero-order valence-corrected chi connectivity index (χ0v) is 27.9. The zero-order valence-electron chi connectivity index (χ0n) is 25.5. The maximum Gasteiger partial charge on any atom is 0.301 e. The summed E-state index contributed by atoms with van der Waals surface area (Å²) < 4.78 is 18.2. The minimum atomic E-state index is -1.00. The number of hydrogen-bond donors (Lipinski definition) is 1. The lowest BCUT2D eigenvalue weighted by molar-refractivity contribution is -0.132. The predicted octanol–water partition coefficient (Wildman–Crippen LogP) is 7.62. The molecule has 2 unspecified atom stereocenters. The molecular formula is C34H32ClN3O6S2. The lowest BCUT2D eigenvalue weighted by atomic mass is 9.94. The fourth-order valence-corrected chi connectivity index (χ4v) is 7.63. The first-order chi connectivity index (χ1) is 22.3. The topological polar surface area (TPSA) is 111 Å². The van der Waals surface area contributed by atoms with Gasteiger partial charge in [0.25, 0.3) is 5.78 Å². The number of ketones is 1. The van der Waals surface area contributed by atoms with Gasteiger partial charge in [-0.2, -0.15) is 0 Å². The summed E-state index contributed by atoms with van der Waals surface area (Å²) in [5.74, 6) is 0.386. The van der Waals surface area contributed by atoms with Gasteiger partial charge in [0.2, 0.25) is 5.13 Å². The van der Waals surface area contributed by atoms with Crippen molar-refractivity contribution in [1.29, 1.82) is 0 Å². The molecule has 2 aliphatic rings. The molecule has 0 spiro atoms. The van der Waals surface area contributed by atoms with Crippen LogP contribution in [0.1, 0.15) is 55.5 Å². The highest BCUT2D eigenvalue weighted by Gasteiger charge is 2.48. The van der Waals surface area contributed by atoms with Crippen molar-refractivity contribution in [3.05, 3.63) is 93.5 Å². The summed E-state index contributed by atoms with van der Waals surface area (Å²) in [5, 5.41) is 21.2. The number of Topliss-reactive ketones (excluding diaryl/α,β-unsaturated/α-hetero) is 1. The van der Waals surface area contributed by atoms with E-state index >= 15 is 0 Å². The van der Waals surface area contributed by atoms with Crippen LogP contribution in [0.2, 0.25) is 5.02 Å². The highest BCUT2D eigenvalue weighted by Crippen LogP contribution is 2.46. The van der Waals surface area contributed by atoms with E-state index in [1.54, 1.807) is 36.4 Å². The van der Waals surface area contributed by atoms with Crippen LogP contribution in [0, 0.1) is 0 Å². The Kier molecular flexibility index (Phi) is 9.53. The molecule has 9 nitrogen and oxygen atoms in total. The van der Waals surface area contributed by atoms with Gasteiger partial charge in [0.15, 0.2) is 15.8 Å². The second-order valence-electron chi connectivity index (χ2n) is 10.8. The van der Waals surface area contributed by atoms with E-state index in [9.17, 15) is 14.7 Å². The largest absolute Gasteiger partial charge is 0.507 e. The Balaban J connectivity index is 1.43. The van der Waals surface area contributed by atoms with E-state index in [0.29, 0.717) is 57.4 Å². The number of nitrogens with zero attached hydrogens (tertiary/aromatic N) is 3. The number of carbonyl (C=O) groups excluding carboxylic acids is 2. The Bertz CT molecular complexity index is 1830. The Morgan fingerprint density at radius 2 is 1.91 bits per heavy atom. The lowest BCUT2D eigenvalue weighted by Gasteiger charge is -2.23. The molecule has 46 heavy (non-hydrogen) atoms. The first-order valence-corrected chi connectivity index (χ1v) is 17.2. The number of anilines is 1. The summed E-state index contributed by atoms with van der Waals surface area (Å²) in [7, 11) is 0. The van der Waals surface area contributed by atoms with Gasteiger partial charge in [-0.15, -0.1) is 10.2 Å². The number of aromatic nitrogens is 2. The Labute approximate surface area is 280 Å². The van der Waals surface area contributed by atoms with Crippen molar-refractivity contribution >= 4 is 57.3 Å². The summed E-state index contributed by atoms with van der Waals surface area (Å²) in [6.45, 7) is 6.72. The molecule has 2 aliphatic heterocycles. The number of rotatable bonds is 11. The second-order valence-corrected chi connectivity index (χ2v) is 13.4. The van der Waals surface area contributed by atoms with Crippen molar-refractivity contribution in [2.45, 2.75) is 55.9 Å². The SMILES string of the molecule is CCCOc1ccc(C2C(=C(O)c3ccc4c(c3)CC(C)O4)C(=O)C(=O)N2c2nnc(SCc3ccccc3Cl)s2)cc1OCC. The van der Waals surface area contributed by atoms with Crippen LogP contribution in [0.3, 0.4) is 0 Å². The van der Waals surface area contributed by atoms with Gasteiger partial charge < -0.3 is 19.3 Å². The van der Waals surface area contributed by atoms with Crippen molar-refractivity contribution < 1.29 is 28.9 Å². The molecule has 238 valence electrons. The molecule has 1 N–H and O–H groups in total. The average Bonchev–Trinajstić information content (AvgIpc) is 3.74. The number of carbonyl (C=O) groups is 2. The highest BCUT2D eigenvalue weighted by atomic mass is 35.5. The van der Waals surface area contributed by atoms with Crippen LogP contribution in [-0.4, -0.2) is 46.3 Å². The molecule has 0 bridgehead atoms. The standard InChI is InChI=1S/C34H32ClN3O6S2/c1-4-14-43-26-13-10-20(17-27(26)42-5-2)29-28(30(39)21-11-12-25-23(16-21)15-19(3)44-25)31(40)32(41)38(29)33-36-37-34(46-33)45-18-22-8-6-7-9-24(22)35/h6-13,16-17,19,29,39H,4-5,14-15,18H2,1-3H3. The molecule has 12 heteroatoms. The fraction of sp³-hybridized carbons (Fsp3) is 0.294. The first-order valence-electron chi connectivity index (χ1n) is 15.0. The molecule has 0 saturated carbocycles. The predicted molar refractivity (Wildman–Crippen MR) is 179 cm³/mol. The van der Waals surface area contributed by atoms with Gasteiger partial charge in [0, 0.05) is 22.8 Å².